The molecule has 1 atom stereocenters. The number of carbonyl (C=O) groups excluding carboxylic acids is 1. The second kappa shape index (κ2) is 7.14. The number of hydrogen-bond donors (Lipinski definition) is 1. The minimum atomic E-state index is -0.873. The molecule has 132 valence electrons. The molecule has 0 radical (unpaired) electrons. The van der Waals surface area contributed by atoms with Gasteiger partial charge in [-0.2, -0.15) is 0 Å². The smallest absolute Gasteiger partial charge is 0.338 e. The SMILES string of the molecule is COC(=O)C1=C(C)NC(c2ccccn2)=NC1c1ccccc1[N+](=O)[O-]. The molecule has 0 bridgehead atoms. The normalized spacial score (nSPS) is 16.5. The average Bonchev–Trinajstić information content (AvgIpc) is 2.67. The molecule has 0 saturated heterocycles. The van der Waals surface area contributed by atoms with Gasteiger partial charge in [0.1, 0.15) is 11.7 Å². The Labute approximate surface area is 149 Å². The van der Waals surface area contributed by atoms with Crippen molar-refractivity contribution in [3.05, 3.63) is 81.3 Å². The Morgan fingerprint density at radius 1 is 1.23 bits per heavy atom. The van der Waals surface area contributed by atoms with E-state index in [4.69, 9.17) is 4.74 Å². The number of esters is 1. The molecule has 2 heterocycles. The summed E-state index contributed by atoms with van der Waals surface area (Å²) < 4.78 is 4.86. The van der Waals surface area contributed by atoms with Crippen molar-refractivity contribution >= 4 is 17.5 Å². The van der Waals surface area contributed by atoms with Crippen molar-refractivity contribution in [1.82, 2.24) is 10.3 Å². The van der Waals surface area contributed by atoms with Gasteiger partial charge in [0.15, 0.2) is 5.84 Å². The number of allylic oxidation sites excluding steroid dienone is 1. The molecular formula is C18H16N4O4. The van der Waals surface area contributed by atoms with Crippen LogP contribution in [0, 0.1) is 10.1 Å². The summed E-state index contributed by atoms with van der Waals surface area (Å²) >= 11 is 0. The molecule has 2 aromatic rings. The molecule has 1 aromatic carbocycles. The monoisotopic (exact) mass is 352 g/mol. The predicted molar refractivity (Wildman–Crippen MR) is 94.5 cm³/mol. The fourth-order valence-electron chi connectivity index (χ4n) is 2.79. The molecule has 0 fully saturated rings. The zero-order valence-corrected chi connectivity index (χ0v) is 14.2. The quantitative estimate of drug-likeness (QED) is 0.515. The Morgan fingerprint density at radius 3 is 2.62 bits per heavy atom. The van der Waals surface area contributed by atoms with E-state index < -0.39 is 16.9 Å². The number of amidine groups is 1. The lowest BCUT2D eigenvalue weighted by Gasteiger charge is -2.25. The summed E-state index contributed by atoms with van der Waals surface area (Å²) in [6.45, 7) is 1.70. The van der Waals surface area contributed by atoms with Crippen LogP contribution in [-0.4, -0.2) is 28.8 Å². The van der Waals surface area contributed by atoms with Gasteiger partial charge in [-0.15, -0.1) is 0 Å². The van der Waals surface area contributed by atoms with Crippen LogP contribution in [0.3, 0.4) is 0 Å². The molecule has 8 nitrogen and oxygen atoms in total. The van der Waals surface area contributed by atoms with E-state index in [1.54, 1.807) is 49.5 Å². The fourth-order valence-corrected chi connectivity index (χ4v) is 2.79. The molecule has 0 saturated carbocycles. The number of rotatable bonds is 4. The van der Waals surface area contributed by atoms with Gasteiger partial charge in [0.05, 0.1) is 23.2 Å². The molecule has 1 N–H and O–H groups in total. The molecule has 1 aliphatic heterocycles. The van der Waals surface area contributed by atoms with Gasteiger partial charge < -0.3 is 10.1 Å². The summed E-state index contributed by atoms with van der Waals surface area (Å²) in [7, 11) is 1.26. The summed E-state index contributed by atoms with van der Waals surface area (Å²) in [5.74, 6) is -0.166. The number of nitrogens with one attached hydrogen (secondary N) is 1. The number of aliphatic imine (C=N–C) groups is 1. The second-order valence-electron chi connectivity index (χ2n) is 5.57. The van der Waals surface area contributed by atoms with Gasteiger partial charge in [-0.25, -0.2) is 4.79 Å². The number of methoxy groups -OCH3 is 1. The second-order valence-corrected chi connectivity index (χ2v) is 5.57. The molecule has 1 aliphatic rings. The highest BCUT2D eigenvalue weighted by Crippen LogP contribution is 2.36. The Morgan fingerprint density at radius 2 is 1.96 bits per heavy atom. The number of nitrogens with zero attached hydrogens (tertiary/aromatic N) is 3. The molecule has 1 aromatic heterocycles. The third kappa shape index (κ3) is 3.16. The number of para-hydroxylation sites is 1. The number of aromatic nitrogens is 1. The molecule has 0 aliphatic carbocycles. The summed E-state index contributed by atoms with van der Waals surface area (Å²) in [5, 5.41) is 14.5. The van der Waals surface area contributed by atoms with Gasteiger partial charge in [0.25, 0.3) is 5.69 Å². The third-order valence-electron chi connectivity index (χ3n) is 3.98. The average molecular weight is 352 g/mol. The Hall–Kier alpha value is -3.55. The highest BCUT2D eigenvalue weighted by atomic mass is 16.6. The topological polar surface area (TPSA) is 107 Å². The molecule has 8 heteroatoms. The first kappa shape index (κ1) is 17.3. The zero-order chi connectivity index (χ0) is 18.7. The molecule has 0 amide bonds. The van der Waals surface area contributed by atoms with Crippen LogP contribution in [0.25, 0.3) is 0 Å². The first-order valence-corrected chi connectivity index (χ1v) is 7.81. The van der Waals surface area contributed by atoms with Gasteiger partial charge in [-0.05, 0) is 25.1 Å². The van der Waals surface area contributed by atoms with Gasteiger partial charge >= 0.3 is 5.97 Å². The minimum absolute atomic E-state index is 0.113. The Bertz CT molecular complexity index is 922. The van der Waals surface area contributed by atoms with Gasteiger partial charge in [0.2, 0.25) is 0 Å². The van der Waals surface area contributed by atoms with E-state index in [9.17, 15) is 14.9 Å². The van der Waals surface area contributed by atoms with E-state index in [0.717, 1.165) is 0 Å². The summed E-state index contributed by atoms with van der Waals surface area (Å²) in [6, 6.07) is 10.7. The number of benzene rings is 1. The Kier molecular flexibility index (Phi) is 4.74. The number of hydrogen-bond acceptors (Lipinski definition) is 7. The van der Waals surface area contributed by atoms with Crippen molar-refractivity contribution < 1.29 is 14.5 Å². The summed E-state index contributed by atoms with van der Waals surface area (Å²) in [4.78, 5) is 32.1. The van der Waals surface area contributed by atoms with E-state index in [0.29, 0.717) is 22.8 Å². The number of ether oxygens (including phenoxy) is 1. The van der Waals surface area contributed by atoms with Crippen LogP contribution < -0.4 is 5.32 Å². The Balaban J connectivity index is 2.18. The molecule has 1 unspecified atom stereocenters. The number of pyridine rings is 1. The fraction of sp³-hybridized carbons (Fsp3) is 0.167. The maximum atomic E-state index is 12.3. The van der Waals surface area contributed by atoms with Gasteiger partial charge in [-0.3, -0.25) is 20.1 Å². The van der Waals surface area contributed by atoms with Crippen LogP contribution in [0.2, 0.25) is 0 Å². The first-order valence-electron chi connectivity index (χ1n) is 7.81. The van der Waals surface area contributed by atoms with Crippen molar-refractivity contribution in [2.45, 2.75) is 13.0 Å². The highest BCUT2D eigenvalue weighted by molar-refractivity contribution is 6.02. The van der Waals surface area contributed by atoms with Crippen LogP contribution in [0.1, 0.15) is 24.2 Å². The van der Waals surface area contributed by atoms with Crippen LogP contribution >= 0.6 is 0 Å². The van der Waals surface area contributed by atoms with E-state index in [1.165, 1.54) is 13.2 Å². The standard InChI is InChI=1S/C18H16N4O4/c1-11-15(18(23)26-2)16(12-7-3-4-9-14(12)22(24)25)21-17(20-11)13-8-5-6-10-19-13/h3-10,16H,1-2H3,(H,20,21). The van der Waals surface area contributed by atoms with Crippen molar-refractivity contribution in [2.24, 2.45) is 4.99 Å². The van der Waals surface area contributed by atoms with Crippen LogP contribution in [0.15, 0.2) is 64.9 Å². The maximum Gasteiger partial charge on any atom is 0.338 e. The van der Waals surface area contributed by atoms with E-state index >= 15 is 0 Å². The molecule has 26 heavy (non-hydrogen) atoms. The molecular weight excluding hydrogens is 336 g/mol. The first-order chi connectivity index (χ1) is 12.5. The van der Waals surface area contributed by atoms with Crippen molar-refractivity contribution in [2.75, 3.05) is 7.11 Å². The van der Waals surface area contributed by atoms with Gasteiger partial charge in [-0.1, -0.05) is 18.2 Å². The maximum absolute atomic E-state index is 12.3. The van der Waals surface area contributed by atoms with Crippen molar-refractivity contribution in [1.29, 1.82) is 0 Å². The predicted octanol–water partition coefficient (Wildman–Crippen LogP) is 2.53. The van der Waals surface area contributed by atoms with E-state index in [-0.39, 0.29) is 11.3 Å². The van der Waals surface area contributed by atoms with Crippen molar-refractivity contribution in [3.8, 4) is 0 Å². The summed E-state index contributed by atoms with van der Waals surface area (Å²) in [6.07, 6.45) is 1.62. The lowest BCUT2D eigenvalue weighted by atomic mass is 9.94. The number of carbonyl (C=O) groups is 1. The van der Waals surface area contributed by atoms with E-state index in [2.05, 4.69) is 15.3 Å². The lowest BCUT2D eigenvalue weighted by molar-refractivity contribution is -0.385. The van der Waals surface area contributed by atoms with Crippen LogP contribution in [0.5, 0.6) is 0 Å². The minimum Gasteiger partial charge on any atom is -0.466 e. The van der Waals surface area contributed by atoms with Gasteiger partial charge in [0, 0.05) is 18.0 Å². The van der Waals surface area contributed by atoms with Crippen molar-refractivity contribution in [3.63, 3.8) is 0 Å². The van der Waals surface area contributed by atoms with E-state index in [1.807, 2.05) is 0 Å². The lowest BCUT2D eigenvalue weighted by Crippen LogP contribution is -2.33. The molecule has 0 spiro atoms. The highest BCUT2D eigenvalue weighted by Gasteiger charge is 2.34. The largest absolute Gasteiger partial charge is 0.466 e. The number of nitro benzene ring substituents is 1. The number of nitro groups is 1. The molecule has 3 rings (SSSR count). The van der Waals surface area contributed by atoms with Crippen LogP contribution in [-0.2, 0) is 9.53 Å². The zero-order valence-electron chi connectivity index (χ0n) is 14.2. The van der Waals surface area contributed by atoms with Crippen LogP contribution in [0.4, 0.5) is 5.69 Å². The third-order valence-corrected chi connectivity index (χ3v) is 3.98. The summed E-state index contributed by atoms with van der Waals surface area (Å²) in [5.41, 5.74) is 1.50.